The highest BCUT2D eigenvalue weighted by Crippen LogP contribution is 2.18. The molecule has 2 heterocycles. The number of hydrogen-bond acceptors (Lipinski definition) is 4. The summed E-state index contributed by atoms with van der Waals surface area (Å²) in [5.41, 5.74) is 9.65. The lowest BCUT2D eigenvalue weighted by Crippen LogP contribution is -2.51. The number of benzene rings is 2. The van der Waals surface area contributed by atoms with Crippen LogP contribution < -0.4 is 15.5 Å². The average Bonchev–Trinajstić information content (AvgIpc) is 2.79. The molecule has 8 heteroatoms. The summed E-state index contributed by atoms with van der Waals surface area (Å²) >= 11 is 0. The fraction of sp³-hybridized carbons (Fsp3) is 0.409. The molecule has 0 spiro atoms. The second kappa shape index (κ2) is 10.8. The van der Waals surface area contributed by atoms with Crippen LogP contribution in [0.5, 0.6) is 0 Å². The van der Waals surface area contributed by atoms with Crippen molar-refractivity contribution in [3.8, 4) is 0 Å². The summed E-state index contributed by atoms with van der Waals surface area (Å²) in [5, 5.41) is 0. The highest BCUT2D eigenvalue weighted by molar-refractivity contribution is 14.0. The van der Waals surface area contributed by atoms with Crippen LogP contribution in [0.4, 0.5) is 15.8 Å². The van der Waals surface area contributed by atoms with Gasteiger partial charge in [0.25, 0.3) is 0 Å². The van der Waals surface area contributed by atoms with Gasteiger partial charge >= 0.3 is 0 Å². The predicted octanol–water partition coefficient (Wildman–Crippen LogP) is 2.92. The first-order chi connectivity index (χ1) is 14.2. The van der Waals surface area contributed by atoms with E-state index in [-0.39, 0.29) is 29.8 Å². The van der Waals surface area contributed by atoms with Gasteiger partial charge in [0.2, 0.25) is 0 Å². The number of nitrogens with two attached hydrogens (primary N) is 1. The normalized spacial score (nSPS) is 17.6. The van der Waals surface area contributed by atoms with Crippen molar-refractivity contribution in [1.29, 1.82) is 0 Å². The number of ether oxygens (including phenoxy) is 1. The van der Waals surface area contributed by atoms with Crippen LogP contribution in [0.2, 0.25) is 0 Å². The maximum Gasteiger partial charge on any atom is 0.191 e. The molecule has 2 fully saturated rings. The Labute approximate surface area is 194 Å². The third kappa shape index (κ3) is 5.75. The number of guanidine groups is 1. The molecule has 4 rings (SSSR count). The molecule has 0 unspecified atom stereocenters. The van der Waals surface area contributed by atoms with Gasteiger partial charge in [-0.05, 0) is 42.0 Å². The molecule has 0 aromatic heterocycles. The Kier molecular flexibility index (Phi) is 8.15. The van der Waals surface area contributed by atoms with Gasteiger partial charge in [0.05, 0.1) is 19.8 Å². The maximum atomic E-state index is 13.1. The van der Waals surface area contributed by atoms with E-state index in [1.807, 2.05) is 12.1 Å². The van der Waals surface area contributed by atoms with E-state index in [0.29, 0.717) is 12.5 Å². The van der Waals surface area contributed by atoms with Gasteiger partial charge in [-0.3, -0.25) is 0 Å². The van der Waals surface area contributed by atoms with Gasteiger partial charge in [-0.25, -0.2) is 9.38 Å². The van der Waals surface area contributed by atoms with Gasteiger partial charge < -0.3 is 25.2 Å². The Bertz CT molecular complexity index is 816. The van der Waals surface area contributed by atoms with E-state index in [1.165, 1.54) is 17.8 Å². The smallest absolute Gasteiger partial charge is 0.191 e. The number of hydrogen-bond donors (Lipinski definition) is 1. The summed E-state index contributed by atoms with van der Waals surface area (Å²) in [6, 6.07) is 15.2. The zero-order chi connectivity index (χ0) is 20.1. The maximum absolute atomic E-state index is 13.1. The Hall–Kier alpha value is -2.07. The summed E-state index contributed by atoms with van der Waals surface area (Å²) in [5.74, 6) is 0.378. The van der Waals surface area contributed by atoms with Crippen molar-refractivity contribution < 1.29 is 9.13 Å². The topological polar surface area (TPSA) is 57.3 Å². The van der Waals surface area contributed by atoms with Crippen LogP contribution >= 0.6 is 24.0 Å². The lowest BCUT2D eigenvalue weighted by molar-refractivity contribution is 0.122. The monoisotopic (exact) mass is 525 g/mol. The summed E-state index contributed by atoms with van der Waals surface area (Å²) in [6.45, 7) is 7.33. The summed E-state index contributed by atoms with van der Waals surface area (Å²) < 4.78 is 18.5. The van der Waals surface area contributed by atoms with Gasteiger partial charge in [-0.2, -0.15) is 0 Å². The quantitative estimate of drug-likeness (QED) is 0.378. The third-order valence-corrected chi connectivity index (χ3v) is 5.53. The molecule has 0 radical (unpaired) electrons. The van der Waals surface area contributed by atoms with E-state index in [2.05, 4.69) is 44.0 Å². The number of aliphatic imine (C=N–C) groups is 1. The molecule has 2 N–H and O–H groups in total. The molecule has 2 aromatic carbocycles. The molecule has 6 nitrogen and oxygen atoms in total. The van der Waals surface area contributed by atoms with Crippen molar-refractivity contribution in [1.82, 2.24) is 4.90 Å². The molecule has 2 saturated heterocycles. The van der Waals surface area contributed by atoms with E-state index in [0.717, 1.165) is 63.7 Å². The molecular weight excluding hydrogens is 496 g/mol. The van der Waals surface area contributed by atoms with Gasteiger partial charge in [-0.1, -0.05) is 12.1 Å². The highest BCUT2D eigenvalue weighted by Gasteiger charge is 2.18. The number of rotatable bonds is 4. The first kappa shape index (κ1) is 22.6. The van der Waals surface area contributed by atoms with Crippen LogP contribution in [0.15, 0.2) is 53.5 Å². The van der Waals surface area contributed by atoms with Crippen molar-refractivity contribution in [2.75, 3.05) is 62.3 Å². The number of halogens is 2. The second-order valence-electron chi connectivity index (χ2n) is 7.39. The standard InChI is InChI=1S/C22H28FN5O.HI/c23-19-3-7-21(8-4-19)26-9-11-28(12-10-26)22(24)25-17-18-1-5-20(6-2-18)27-13-15-29-16-14-27;/h1-8H,9-17H2,(H2,24,25);1H. The van der Waals surface area contributed by atoms with Gasteiger partial charge in [0, 0.05) is 50.6 Å². The van der Waals surface area contributed by atoms with Gasteiger partial charge in [-0.15, -0.1) is 24.0 Å². The first-order valence-electron chi connectivity index (χ1n) is 10.2. The molecule has 2 aromatic rings. The Balaban J connectivity index is 0.00000256. The fourth-order valence-corrected chi connectivity index (χ4v) is 3.75. The van der Waals surface area contributed by atoms with Crippen LogP contribution in [-0.2, 0) is 11.3 Å². The minimum atomic E-state index is -0.207. The van der Waals surface area contributed by atoms with E-state index >= 15 is 0 Å². The average molecular weight is 525 g/mol. The summed E-state index contributed by atoms with van der Waals surface area (Å²) in [7, 11) is 0. The molecular formula is C22H29FIN5O. The Morgan fingerprint density at radius 2 is 1.37 bits per heavy atom. The van der Waals surface area contributed by atoms with Gasteiger partial charge in [0.1, 0.15) is 5.82 Å². The zero-order valence-electron chi connectivity index (χ0n) is 17.0. The number of anilines is 2. The second-order valence-corrected chi connectivity index (χ2v) is 7.39. The van der Waals surface area contributed by atoms with E-state index in [1.54, 1.807) is 0 Å². The highest BCUT2D eigenvalue weighted by atomic mass is 127. The van der Waals surface area contributed by atoms with Crippen LogP contribution in [-0.4, -0.2) is 63.3 Å². The summed E-state index contributed by atoms with van der Waals surface area (Å²) in [4.78, 5) is 11.3. The van der Waals surface area contributed by atoms with E-state index in [4.69, 9.17) is 10.5 Å². The van der Waals surface area contributed by atoms with Crippen molar-refractivity contribution >= 4 is 41.3 Å². The van der Waals surface area contributed by atoms with Crippen LogP contribution in [0.3, 0.4) is 0 Å². The van der Waals surface area contributed by atoms with Gasteiger partial charge in [0.15, 0.2) is 5.96 Å². The molecule has 0 aliphatic carbocycles. The minimum Gasteiger partial charge on any atom is -0.378 e. The molecule has 30 heavy (non-hydrogen) atoms. The minimum absolute atomic E-state index is 0. The SMILES string of the molecule is I.NC(=NCc1ccc(N2CCOCC2)cc1)N1CCN(c2ccc(F)cc2)CC1. The molecule has 0 amide bonds. The van der Waals surface area contributed by atoms with Crippen molar-refractivity contribution in [3.63, 3.8) is 0 Å². The number of nitrogens with zero attached hydrogens (tertiary/aromatic N) is 4. The zero-order valence-corrected chi connectivity index (χ0v) is 19.4. The van der Waals surface area contributed by atoms with Crippen molar-refractivity contribution in [3.05, 3.63) is 59.9 Å². The molecule has 0 atom stereocenters. The lowest BCUT2D eigenvalue weighted by atomic mass is 10.2. The largest absolute Gasteiger partial charge is 0.378 e. The van der Waals surface area contributed by atoms with Crippen LogP contribution in [0.1, 0.15) is 5.56 Å². The predicted molar refractivity (Wildman–Crippen MR) is 130 cm³/mol. The van der Waals surface area contributed by atoms with Crippen molar-refractivity contribution in [2.24, 2.45) is 10.7 Å². The molecule has 2 aliphatic heterocycles. The Morgan fingerprint density at radius 3 is 1.97 bits per heavy atom. The van der Waals surface area contributed by atoms with Crippen LogP contribution in [0, 0.1) is 5.82 Å². The lowest BCUT2D eigenvalue weighted by Gasteiger charge is -2.36. The first-order valence-corrected chi connectivity index (χ1v) is 10.2. The molecule has 162 valence electrons. The molecule has 0 saturated carbocycles. The van der Waals surface area contributed by atoms with E-state index < -0.39 is 0 Å². The molecule has 2 aliphatic rings. The summed E-state index contributed by atoms with van der Waals surface area (Å²) in [6.07, 6.45) is 0. The van der Waals surface area contributed by atoms with E-state index in [9.17, 15) is 4.39 Å². The van der Waals surface area contributed by atoms with Crippen molar-refractivity contribution in [2.45, 2.75) is 6.54 Å². The number of morpholine rings is 1. The Morgan fingerprint density at radius 1 is 0.833 bits per heavy atom. The number of piperazine rings is 1. The third-order valence-electron chi connectivity index (χ3n) is 5.53. The molecule has 0 bridgehead atoms. The fourth-order valence-electron chi connectivity index (χ4n) is 3.75. The van der Waals surface area contributed by atoms with Crippen LogP contribution in [0.25, 0.3) is 0 Å².